The summed E-state index contributed by atoms with van der Waals surface area (Å²) in [7, 11) is 0. The van der Waals surface area contributed by atoms with Crippen LogP contribution < -0.4 is 5.32 Å². The van der Waals surface area contributed by atoms with Crippen molar-refractivity contribution in [1.29, 1.82) is 0 Å². The van der Waals surface area contributed by atoms with Gasteiger partial charge in [-0.2, -0.15) is 5.10 Å². The molecule has 2 heterocycles. The molecule has 0 aliphatic heterocycles. The standard InChI is InChI=1S/C16H12ClN3S/c17-16-12-3-1-2-4-14(12)21-15(16)9-18-11-6-5-10-8-19-20-13(10)7-11/h1-8,18H,9H2,(H,19,20). The Hall–Kier alpha value is -2.04. The molecule has 3 nitrogen and oxygen atoms in total. The Bertz CT molecular complexity index is 925. The number of nitrogens with zero attached hydrogens (tertiary/aromatic N) is 1. The Kier molecular flexibility index (Phi) is 3.05. The molecule has 0 aliphatic rings. The van der Waals surface area contributed by atoms with E-state index in [9.17, 15) is 0 Å². The molecule has 0 spiro atoms. The topological polar surface area (TPSA) is 40.7 Å². The third-order valence-corrected chi connectivity index (χ3v) is 5.21. The molecule has 2 aromatic heterocycles. The van der Waals surface area contributed by atoms with E-state index in [2.05, 4.69) is 39.8 Å². The van der Waals surface area contributed by atoms with Gasteiger partial charge >= 0.3 is 0 Å². The zero-order valence-electron chi connectivity index (χ0n) is 11.1. The minimum Gasteiger partial charge on any atom is -0.380 e. The van der Waals surface area contributed by atoms with Crippen molar-refractivity contribution in [3.05, 3.63) is 58.6 Å². The van der Waals surface area contributed by atoms with Crippen LogP contribution in [0, 0.1) is 0 Å². The number of thiophene rings is 1. The molecule has 0 aliphatic carbocycles. The maximum absolute atomic E-state index is 6.46. The van der Waals surface area contributed by atoms with Gasteiger partial charge in [0.1, 0.15) is 0 Å². The predicted octanol–water partition coefficient (Wildman–Crippen LogP) is 5.04. The van der Waals surface area contributed by atoms with E-state index in [4.69, 9.17) is 11.6 Å². The van der Waals surface area contributed by atoms with Crippen molar-refractivity contribution >= 4 is 49.6 Å². The van der Waals surface area contributed by atoms with Gasteiger partial charge in [-0.1, -0.05) is 29.8 Å². The number of fused-ring (bicyclic) bond motifs is 2. The number of H-pyrrole nitrogens is 1. The fraction of sp³-hybridized carbons (Fsp3) is 0.0625. The molecule has 0 amide bonds. The summed E-state index contributed by atoms with van der Waals surface area (Å²) in [4.78, 5) is 1.16. The molecule has 4 rings (SSSR count). The van der Waals surface area contributed by atoms with E-state index in [1.54, 1.807) is 11.3 Å². The number of aromatic nitrogens is 2. The first kappa shape index (κ1) is 12.7. The van der Waals surface area contributed by atoms with Crippen LogP contribution in [0.3, 0.4) is 0 Å². The number of benzene rings is 2. The van der Waals surface area contributed by atoms with Crippen molar-refractivity contribution in [2.24, 2.45) is 0 Å². The minimum atomic E-state index is 0.720. The quantitative estimate of drug-likeness (QED) is 0.556. The van der Waals surface area contributed by atoms with E-state index in [1.165, 1.54) is 4.70 Å². The fourth-order valence-corrected chi connectivity index (χ4v) is 3.85. The van der Waals surface area contributed by atoms with Gasteiger partial charge < -0.3 is 5.32 Å². The van der Waals surface area contributed by atoms with Crippen molar-refractivity contribution in [2.75, 3.05) is 5.32 Å². The highest BCUT2D eigenvalue weighted by Gasteiger charge is 2.09. The normalized spacial score (nSPS) is 11.3. The van der Waals surface area contributed by atoms with Crippen LogP contribution in [0.5, 0.6) is 0 Å². The van der Waals surface area contributed by atoms with E-state index in [0.717, 1.165) is 38.4 Å². The summed E-state index contributed by atoms with van der Waals surface area (Å²) in [5.41, 5.74) is 2.09. The molecule has 2 aromatic carbocycles. The Morgan fingerprint density at radius 1 is 1.19 bits per heavy atom. The molecule has 0 radical (unpaired) electrons. The number of hydrogen-bond donors (Lipinski definition) is 2. The zero-order chi connectivity index (χ0) is 14.2. The summed E-state index contributed by atoms with van der Waals surface area (Å²) in [6.07, 6.45) is 1.82. The Labute approximate surface area is 130 Å². The zero-order valence-corrected chi connectivity index (χ0v) is 12.6. The van der Waals surface area contributed by atoms with Crippen LogP contribution in [0.15, 0.2) is 48.7 Å². The van der Waals surface area contributed by atoms with Gasteiger partial charge in [0, 0.05) is 26.0 Å². The van der Waals surface area contributed by atoms with E-state index >= 15 is 0 Å². The molecule has 104 valence electrons. The number of halogens is 1. The maximum atomic E-state index is 6.46. The first-order chi connectivity index (χ1) is 10.3. The highest BCUT2D eigenvalue weighted by molar-refractivity contribution is 7.19. The van der Waals surface area contributed by atoms with Crippen LogP contribution in [0.25, 0.3) is 21.0 Å². The first-order valence-corrected chi connectivity index (χ1v) is 7.83. The summed E-state index contributed by atoms with van der Waals surface area (Å²) in [6.45, 7) is 0.720. The van der Waals surface area contributed by atoms with Crippen molar-refractivity contribution in [2.45, 2.75) is 6.54 Å². The second-order valence-electron chi connectivity index (χ2n) is 4.86. The number of nitrogens with one attached hydrogen (secondary N) is 2. The van der Waals surface area contributed by atoms with E-state index in [0.29, 0.717) is 0 Å². The summed E-state index contributed by atoms with van der Waals surface area (Å²) < 4.78 is 1.23. The fourth-order valence-electron chi connectivity index (χ4n) is 2.41. The van der Waals surface area contributed by atoms with Crippen molar-refractivity contribution in [1.82, 2.24) is 10.2 Å². The molecule has 5 heteroatoms. The number of hydrogen-bond acceptors (Lipinski definition) is 3. The third kappa shape index (κ3) is 2.26. The van der Waals surface area contributed by atoms with Crippen LogP contribution in [-0.2, 0) is 6.54 Å². The van der Waals surface area contributed by atoms with Crippen LogP contribution in [0.2, 0.25) is 5.02 Å². The third-order valence-electron chi connectivity index (χ3n) is 3.50. The first-order valence-electron chi connectivity index (χ1n) is 6.64. The molecular weight excluding hydrogens is 302 g/mol. The molecule has 21 heavy (non-hydrogen) atoms. The largest absolute Gasteiger partial charge is 0.380 e. The lowest BCUT2D eigenvalue weighted by Gasteiger charge is -2.05. The Morgan fingerprint density at radius 3 is 3.00 bits per heavy atom. The van der Waals surface area contributed by atoms with Gasteiger partial charge in [0.05, 0.1) is 23.3 Å². The van der Waals surface area contributed by atoms with Gasteiger partial charge in [-0.3, -0.25) is 5.10 Å². The lowest BCUT2D eigenvalue weighted by molar-refractivity contribution is 1.12. The van der Waals surface area contributed by atoms with E-state index < -0.39 is 0 Å². The Morgan fingerprint density at radius 2 is 2.10 bits per heavy atom. The lowest BCUT2D eigenvalue weighted by Crippen LogP contribution is -1.97. The molecule has 0 atom stereocenters. The van der Waals surface area contributed by atoms with Crippen LogP contribution >= 0.6 is 22.9 Å². The smallest absolute Gasteiger partial charge is 0.0670 e. The molecule has 4 aromatic rings. The van der Waals surface area contributed by atoms with Crippen molar-refractivity contribution < 1.29 is 0 Å². The average molecular weight is 314 g/mol. The maximum Gasteiger partial charge on any atom is 0.0670 e. The lowest BCUT2D eigenvalue weighted by atomic mass is 10.2. The van der Waals surface area contributed by atoms with Gasteiger partial charge in [0.15, 0.2) is 0 Å². The van der Waals surface area contributed by atoms with Gasteiger partial charge in [-0.05, 0) is 24.3 Å². The average Bonchev–Trinajstić information content (AvgIpc) is 3.10. The molecular formula is C16H12ClN3S. The molecule has 0 unspecified atom stereocenters. The number of rotatable bonds is 3. The highest BCUT2D eigenvalue weighted by atomic mass is 35.5. The second-order valence-corrected chi connectivity index (χ2v) is 6.38. The van der Waals surface area contributed by atoms with Crippen LogP contribution in [0.1, 0.15) is 4.88 Å². The second kappa shape index (κ2) is 5.06. The molecule has 0 saturated carbocycles. The molecule has 0 saturated heterocycles. The Balaban J connectivity index is 1.61. The van der Waals surface area contributed by atoms with Crippen molar-refractivity contribution in [3.63, 3.8) is 0 Å². The SMILES string of the molecule is Clc1c(CNc2ccc3cn[nH]c3c2)sc2ccccc12. The van der Waals surface area contributed by atoms with Crippen LogP contribution in [-0.4, -0.2) is 10.2 Å². The minimum absolute atomic E-state index is 0.720. The van der Waals surface area contributed by atoms with Gasteiger partial charge in [-0.25, -0.2) is 0 Å². The monoisotopic (exact) mass is 313 g/mol. The molecule has 2 N–H and O–H groups in total. The summed E-state index contributed by atoms with van der Waals surface area (Å²) in [5.74, 6) is 0. The van der Waals surface area contributed by atoms with E-state index in [1.807, 2.05) is 24.4 Å². The van der Waals surface area contributed by atoms with Crippen molar-refractivity contribution in [3.8, 4) is 0 Å². The number of anilines is 1. The van der Waals surface area contributed by atoms with Gasteiger partial charge in [0.25, 0.3) is 0 Å². The molecule has 0 fully saturated rings. The highest BCUT2D eigenvalue weighted by Crippen LogP contribution is 2.35. The summed E-state index contributed by atoms with van der Waals surface area (Å²) >= 11 is 8.19. The number of aromatic amines is 1. The van der Waals surface area contributed by atoms with E-state index in [-0.39, 0.29) is 0 Å². The predicted molar refractivity (Wildman–Crippen MR) is 90.3 cm³/mol. The van der Waals surface area contributed by atoms with Gasteiger partial charge in [-0.15, -0.1) is 11.3 Å². The summed E-state index contributed by atoms with van der Waals surface area (Å²) in [6, 6.07) is 14.4. The van der Waals surface area contributed by atoms with Crippen LogP contribution in [0.4, 0.5) is 5.69 Å². The molecule has 0 bridgehead atoms. The van der Waals surface area contributed by atoms with Gasteiger partial charge in [0.2, 0.25) is 0 Å². The summed E-state index contributed by atoms with van der Waals surface area (Å²) in [5, 5.41) is 13.5.